The van der Waals surface area contributed by atoms with Crippen molar-refractivity contribution in [3.8, 4) is 0 Å². The molecule has 1 saturated heterocycles. The summed E-state index contributed by atoms with van der Waals surface area (Å²) in [6, 6.07) is 2.64. The highest BCUT2D eigenvalue weighted by Gasteiger charge is 2.33. The molecule has 1 aromatic carbocycles. The molecule has 2 rings (SSSR count). The fourth-order valence-corrected chi connectivity index (χ4v) is 2.23. The lowest BCUT2D eigenvalue weighted by Gasteiger charge is -2.33. The maximum Gasteiger partial charge on any atom is 0.270 e. The molecule has 1 aliphatic rings. The summed E-state index contributed by atoms with van der Waals surface area (Å²) < 4.78 is 5.12. The van der Waals surface area contributed by atoms with Gasteiger partial charge in [0.15, 0.2) is 0 Å². The maximum absolute atomic E-state index is 12.5. The highest BCUT2D eigenvalue weighted by atomic mass is 35.5. The number of hydrogen-bond acceptors (Lipinski definition) is 5. The van der Waals surface area contributed by atoms with Gasteiger partial charge >= 0.3 is 0 Å². The Morgan fingerprint density at radius 2 is 2.19 bits per heavy atom. The van der Waals surface area contributed by atoms with E-state index in [0.717, 1.165) is 6.07 Å². The van der Waals surface area contributed by atoms with E-state index in [-0.39, 0.29) is 36.0 Å². The summed E-state index contributed by atoms with van der Waals surface area (Å²) in [5, 5.41) is 10.8. The van der Waals surface area contributed by atoms with Crippen LogP contribution in [-0.4, -0.2) is 47.4 Å². The van der Waals surface area contributed by atoms with Crippen LogP contribution in [-0.2, 0) is 9.53 Å². The Labute approximate surface area is 124 Å². The third-order valence-corrected chi connectivity index (χ3v) is 3.44. The largest absolute Gasteiger partial charge is 0.377 e. The Hall–Kier alpha value is -2.19. The Morgan fingerprint density at radius 1 is 1.48 bits per heavy atom. The molecular weight excluding hydrogens is 302 g/mol. The first-order valence-electron chi connectivity index (χ1n) is 6.04. The predicted octanol–water partition coefficient (Wildman–Crippen LogP) is 0.575. The molecule has 1 aromatic rings. The van der Waals surface area contributed by atoms with Crippen molar-refractivity contribution in [2.24, 2.45) is 5.73 Å². The van der Waals surface area contributed by atoms with E-state index in [2.05, 4.69) is 0 Å². The lowest BCUT2D eigenvalue weighted by atomic mass is 10.1. The van der Waals surface area contributed by atoms with E-state index in [1.54, 1.807) is 0 Å². The van der Waals surface area contributed by atoms with E-state index < -0.39 is 22.8 Å². The lowest BCUT2D eigenvalue weighted by molar-refractivity contribution is -0.384. The molecule has 0 bridgehead atoms. The van der Waals surface area contributed by atoms with Crippen molar-refractivity contribution in [1.82, 2.24) is 4.90 Å². The van der Waals surface area contributed by atoms with Crippen LogP contribution in [0.15, 0.2) is 18.2 Å². The predicted molar refractivity (Wildman–Crippen MR) is 72.9 cm³/mol. The number of rotatable bonds is 3. The zero-order valence-corrected chi connectivity index (χ0v) is 11.6. The first-order valence-corrected chi connectivity index (χ1v) is 6.41. The van der Waals surface area contributed by atoms with Gasteiger partial charge in [-0.3, -0.25) is 19.7 Å². The average Bonchev–Trinajstić information content (AvgIpc) is 2.46. The summed E-state index contributed by atoms with van der Waals surface area (Å²) in [7, 11) is 0. The van der Waals surface area contributed by atoms with Crippen molar-refractivity contribution in [3.05, 3.63) is 38.9 Å². The fraction of sp³-hybridized carbons (Fsp3) is 0.333. The minimum Gasteiger partial charge on any atom is -0.377 e. The lowest BCUT2D eigenvalue weighted by Crippen LogP contribution is -2.54. The summed E-state index contributed by atoms with van der Waals surface area (Å²) in [6.07, 6.45) is 0. The van der Waals surface area contributed by atoms with Crippen LogP contribution in [0.5, 0.6) is 0 Å². The number of amides is 2. The van der Waals surface area contributed by atoms with Gasteiger partial charge in [-0.1, -0.05) is 11.6 Å². The molecule has 2 N–H and O–H groups in total. The number of halogens is 1. The molecule has 1 unspecified atom stereocenters. The third kappa shape index (κ3) is 3.11. The molecule has 8 nitrogen and oxygen atoms in total. The molecular formula is C12H12ClN3O5. The maximum atomic E-state index is 12.5. The van der Waals surface area contributed by atoms with Gasteiger partial charge in [0, 0.05) is 18.7 Å². The summed E-state index contributed by atoms with van der Waals surface area (Å²) in [5.74, 6) is -1.29. The molecule has 21 heavy (non-hydrogen) atoms. The Kier molecular flexibility index (Phi) is 4.39. The van der Waals surface area contributed by atoms with Gasteiger partial charge in [-0.2, -0.15) is 0 Å². The van der Waals surface area contributed by atoms with Crippen molar-refractivity contribution in [1.29, 1.82) is 0 Å². The molecule has 1 aliphatic heterocycles. The van der Waals surface area contributed by atoms with Crippen molar-refractivity contribution in [2.75, 3.05) is 19.8 Å². The first kappa shape index (κ1) is 15.2. The fourth-order valence-electron chi connectivity index (χ4n) is 2.03. The van der Waals surface area contributed by atoms with Crippen LogP contribution in [0.2, 0.25) is 5.02 Å². The van der Waals surface area contributed by atoms with Crippen LogP contribution in [0.1, 0.15) is 10.4 Å². The van der Waals surface area contributed by atoms with Crippen LogP contribution in [0.4, 0.5) is 5.69 Å². The number of non-ortho nitro benzene ring substituents is 1. The van der Waals surface area contributed by atoms with Crippen LogP contribution in [0, 0.1) is 10.1 Å². The summed E-state index contributed by atoms with van der Waals surface area (Å²) in [6.45, 7) is 0.404. The van der Waals surface area contributed by atoms with E-state index in [4.69, 9.17) is 22.1 Å². The van der Waals surface area contributed by atoms with Gasteiger partial charge in [0.2, 0.25) is 5.91 Å². The number of benzene rings is 1. The molecule has 1 heterocycles. The molecule has 0 aromatic heterocycles. The van der Waals surface area contributed by atoms with Gasteiger partial charge in [-0.05, 0) is 6.07 Å². The summed E-state index contributed by atoms with van der Waals surface area (Å²) >= 11 is 5.92. The average molecular weight is 314 g/mol. The topological polar surface area (TPSA) is 116 Å². The number of nitro groups is 1. The molecule has 0 spiro atoms. The van der Waals surface area contributed by atoms with Crippen molar-refractivity contribution in [3.63, 3.8) is 0 Å². The second kappa shape index (κ2) is 6.06. The monoisotopic (exact) mass is 313 g/mol. The summed E-state index contributed by atoms with van der Waals surface area (Å²) in [5.41, 5.74) is 4.94. The smallest absolute Gasteiger partial charge is 0.270 e. The summed E-state index contributed by atoms with van der Waals surface area (Å²) in [4.78, 5) is 35.2. The minimum absolute atomic E-state index is 0.00633. The second-order valence-corrected chi connectivity index (χ2v) is 4.82. The minimum atomic E-state index is -0.915. The van der Waals surface area contributed by atoms with E-state index in [1.807, 2.05) is 0 Å². The number of carbonyl (C=O) groups excluding carboxylic acids is 2. The molecule has 0 aliphatic carbocycles. The van der Waals surface area contributed by atoms with Crippen LogP contribution in [0.25, 0.3) is 0 Å². The van der Waals surface area contributed by atoms with Crippen LogP contribution >= 0.6 is 11.6 Å². The van der Waals surface area contributed by atoms with Gasteiger partial charge in [0.25, 0.3) is 11.6 Å². The number of nitrogens with two attached hydrogens (primary N) is 1. The van der Waals surface area contributed by atoms with E-state index in [9.17, 15) is 19.7 Å². The van der Waals surface area contributed by atoms with E-state index in [1.165, 1.54) is 17.0 Å². The third-order valence-electron chi connectivity index (χ3n) is 3.11. The standard InChI is InChI=1S/C12H12ClN3O5/c13-9-2-1-7(16(19)20)5-8(9)12(18)15-3-4-21-6-10(15)11(14)17/h1-2,5,10H,3-4,6H2,(H2,14,17). The Morgan fingerprint density at radius 3 is 2.81 bits per heavy atom. The normalized spacial score (nSPS) is 18.3. The highest BCUT2D eigenvalue weighted by Crippen LogP contribution is 2.24. The molecule has 1 fully saturated rings. The SMILES string of the molecule is NC(=O)C1COCCN1C(=O)c1cc([N+](=O)[O-])ccc1Cl. The van der Waals surface area contributed by atoms with Gasteiger partial charge in [-0.15, -0.1) is 0 Å². The molecule has 0 saturated carbocycles. The Bertz CT molecular complexity index is 607. The van der Waals surface area contributed by atoms with Crippen LogP contribution in [0.3, 0.4) is 0 Å². The van der Waals surface area contributed by atoms with Crippen molar-refractivity contribution >= 4 is 29.1 Å². The number of nitro benzene ring substituents is 1. The molecule has 112 valence electrons. The Balaban J connectivity index is 2.36. The zero-order valence-electron chi connectivity index (χ0n) is 10.8. The zero-order chi connectivity index (χ0) is 15.6. The van der Waals surface area contributed by atoms with Gasteiger partial charge < -0.3 is 15.4 Å². The van der Waals surface area contributed by atoms with Gasteiger partial charge in [0.1, 0.15) is 6.04 Å². The van der Waals surface area contributed by atoms with Gasteiger partial charge in [0.05, 0.1) is 28.7 Å². The first-order chi connectivity index (χ1) is 9.91. The van der Waals surface area contributed by atoms with Gasteiger partial charge in [-0.25, -0.2) is 0 Å². The number of ether oxygens (including phenoxy) is 1. The number of morpholine rings is 1. The van der Waals surface area contributed by atoms with Crippen molar-refractivity contribution in [2.45, 2.75) is 6.04 Å². The molecule has 1 atom stereocenters. The quantitative estimate of drug-likeness (QED) is 0.647. The highest BCUT2D eigenvalue weighted by molar-refractivity contribution is 6.34. The van der Waals surface area contributed by atoms with E-state index in [0.29, 0.717) is 0 Å². The second-order valence-electron chi connectivity index (χ2n) is 4.41. The number of hydrogen-bond donors (Lipinski definition) is 1. The molecule has 2 amide bonds. The van der Waals surface area contributed by atoms with Crippen molar-refractivity contribution < 1.29 is 19.2 Å². The number of nitrogens with zero attached hydrogens (tertiary/aromatic N) is 2. The van der Waals surface area contributed by atoms with Crippen LogP contribution < -0.4 is 5.73 Å². The molecule has 0 radical (unpaired) electrons. The number of primary amides is 1. The number of carbonyl (C=O) groups is 2. The van der Waals surface area contributed by atoms with E-state index >= 15 is 0 Å². The molecule has 9 heteroatoms.